The first-order valence-electron chi connectivity index (χ1n) is 5.06. The van der Waals surface area contributed by atoms with E-state index < -0.39 is 26.0 Å². The van der Waals surface area contributed by atoms with Crippen LogP contribution in [0.1, 0.15) is 0 Å². The van der Waals surface area contributed by atoms with Crippen molar-refractivity contribution in [1.29, 1.82) is 0 Å². The van der Waals surface area contributed by atoms with Gasteiger partial charge >= 0.3 is 5.97 Å². The summed E-state index contributed by atoms with van der Waals surface area (Å²) in [7, 11) is -3.99. The van der Waals surface area contributed by atoms with Crippen molar-refractivity contribution in [2.45, 2.75) is 14.9 Å². The van der Waals surface area contributed by atoms with Crippen LogP contribution in [0.2, 0.25) is 0 Å². The second kappa shape index (κ2) is 7.29. The molecule has 0 aliphatic rings. The molecule has 1 N–H and O–H groups in total. The summed E-state index contributed by atoms with van der Waals surface area (Å²) in [5, 5.41) is -0.169. The molecule has 0 aliphatic carbocycles. The summed E-state index contributed by atoms with van der Waals surface area (Å²) in [4.78, 5) is 11.2. The van der Waals surface area contributed by atoms with Crippen molar-refractivity contribution in [1.82, 2.24) is 4.72 Å². The summed E-state index contributed by atoms with van der Waals surface area (Å²) in [6.45, 7) is 0. The summed E-state index contributed by atoms with van der Waals surface area (Å²) >= 11 is 19.7. The van der Waals surface area contributed by atoms with Gasteiger partial charge in [-0.2, -0.15) is 4.72 Å². The highest BCUT2D eigenvalue weighted by Gasteiger charge is 2.39. The van der Waals surface area contributed by atoms with Crippen molar-refractivity contribution in [3.8, 4) is 0 Å². The van der Waals surface area contributed by atoms with Gasteiger partial charge in [-0.15, -0.1) is 0 Å². The molecule has 1 rings (SSSR count). The molecule has 0 amide bonds. The SMILES string of the molecule is O=C(CBr)O[C@H](NS(=O)(=O)c1ccccc1)C(Cl)(Cl)Cl. The van der Waals surface area contributed by atoms with E-state index in [1.54, 1.807) is 6.07 Å². The number of ether oxygens (including phenoxy) is 1. The lowest BCUT2D eigenvalue weighted by Crippen LogP contribution is -2.46. The number of carbonyl (C=O) groups is 1. The molecule has 0 aromatic heterocycles. The molecule has 0 spiro atoms. The smallest absolute Gasteiger partial charge is 0.318 e. The number of halogens is 4. The number of rotatable bonds is 5. The molecular formula is C10H9BrCl3NO4S. The first-order valence-corrected chi connectivity index (χ1v) is 8.80. The van der Waals surface area contributed by atoms with Crippen LogP contribution in [0, 0.1) is 0 Å². The number of sulfonamides is 1. The Kier molecular flexibility index (Phi) is 6.56. The molecule has 0 heterocycles. The van der Waals surface area contributed by atoms with Gasteiger partial charge in [-0.3, -0.25) is 4.79 Å². The molecule has 0 bridgehead atoms. The average Bonchev–Trinajstić information content (AvgIpc) is 2.37. The van der Waals surface area contributed by atoms with E-state index in [1.165, 1.54) is 24.3 Å². The Bertz CT molecular complexity index is 562. The molecule has 0 unspecified atom stereocenters. The molecule has 1 aromatic carbocycles. The molecule has 0 radical (unpaired) electrons. The molecule has 112 valence electrons. The Hall–Kier alpha value is -0.0500. The highest BCUT2D eigenvalue weighted by molar-refractivity contribution is 9.09. The predicted molar refractivity (Wildman–Crippen MR) is 80.7 cm³/mol. The summed E-state index contributed by atoms with van der Waals surface area (Å²) < 4.78 is 28.8. The summed E-state index contributed by atoms with van der Waals surface area (Å²) in [6.07, 6.45) is -1.65. The monoisotopic (exact) mass is 423 g/mol. The number of carbonyl (C=O) groups excluding carboxylic acids is 1. The largest absolute Gasteiger partial charge is 0.440 e. The van der Waals surface area contributed by atoms with Gasteiger partial charge in [0.1, 0.15) is 5.33 Å². The maximum Gasteiger partial charge on any atom is 0.318 e. The number of esters is 1. The Balaban J connectivity index is 2.98. The summed E-state index contributed by atoms with van der Waals surface area (Å²) in [5.41, 5.74) is 0. The van der Waals surface area contributed by atoms with Crippen molar-refractivity contribution < 1.29 is 17.9 Å². The van der Waals surface area contributed by atoms with Crippen LogP contribution < -0.4 is 4.72 Å². The van der Waals surface area contributed by atoms with Crippen molar-refractivity contribution in [3.05, 3.63) is 30.3 Å². The predicted octanol–water partition coefficient (Wildman–Crippen LogP) is 2.60. The minimum absolute atomic E-state index is 0.0471. The van der Waals surface area contributed by atoms with E-state index in [9.17, 15) is 13.2 Å². The maximum atomic E-state index is 12.1. The van der Waals surface area contributed by atoms with E-state index in [0.29, 0.717) is 0 Å². The Labute approximate surface area is 139 Å². The fourth-order valence-electron chi connectivity index (χ4n) is 1.13. The van der Waals surface area contributed by atoms with Gasteiger partial charge in [0.15, 0.2) is 0 Å². The van der Waals surface area contributed by atoms with Gasteiger partial charge in [-0.1, -0.05) is 68.9 Å². The Morgan fingerprint density at radius 3 is 2.30 bits per heavy atom. The third kappa shape index (κ3) is 5.38. The van der Waals surface area contributed by atoms with Crippen LogP contribution in [0.5, 0.6) is 0 Å². The lowest BCUT2D eigenvalue weighted by Gasteiger charge is -2.24. The third-order valence-electron chi connectivity index (χ3n) is 1.97. The average molecular weight is 426 g/mol. The standard InChI is InChI=1S/C10H9BrCl3NO4S/c11-6-8(16)19-9(10(12,13)14)15-20(17,18)7-4-2-1-3-5-7/h1-5,9,15H,6H2/t9-/m0/s1. The minimum Gasteiger partial charge on any atom is -0.440 e. The first kappa shape index (κ1) is 18.0. The van der Waals surface area contributed by atoms with Crippen LogP contribution in [-0.4, -0.2) is 29.7 Å². The number of hydrogen-bond acceptors (Lipinski definition) is 4. The highest BCUT2D eigenvalue weighted by atomic mass is 79.9. The van der Waals surface area contributed by atoms with Crippen LogP contribution >= 0.6 is 50.7 Å². The van der Waals surface area contributed by atoms with E-state index in [0.717, 1.165) is 0 Å². The molecular weight excluding hydrogens is 416 g/mol. The van der Waals surface area contributed by atoms with E-state index in [1.807, 2.05) is 4.72 Å². The summed E-state index contributed by atoms with van der Waals surface area (Å²) in [6, 6.07) is 7.41. The number of hydrogen-bond donors (Lipinski definition) is 1. The van der Waals surface area contributed by atoms with Gasteiger partial charge in [-0.25, -0.2) is 8.42 Å². The molecule has 0 saturated heterocycles. The molecule has 1 aromatic rings. The third-order valence-corrected chi connectivity index (χ3v) is 4.44. The Morgan fingerprint density at radius 1 is 1.30 bits per heavy atom. The van der Waals surface area contributed by atoms with Crippen molar-refractivity contribution in [3.63, 3.8) is 0 Å². The van der Waals surface area contributed by atoms with E-state index in [2.05, 4.69) is 15.9 Å². The van der Waals surface area contributed by atoms with Gasteiger partial charge < -0.3 is 4.74 Å². The zero-order valence-corrected chi connectivity index (χ0v) is 14.4. The van der Waals surface area contributed by atoms with Crippen LogP contribution in [0.15, 0.2) is 35.2 Å². The van der Waals surface area contributed by atoms with Crippen LogP contribution in [0.3, 0.4) is 0 Å². The lowest BCUT2D eigenvalue weighted by molar-refractivity contribution is -0.145. The molecule has 5 nitrogen and oxygen atoms in total. The van der Waals surface area contributed by atoms with Crippen LogP contribution in [0.25, 0.3) is 0 Å². The molecule has 20 heavy (non-hydrogen) atoms. The van der Waals surface area contributed by atoms with Crippen molar-refractivity contribution >= 4 is 66.7 Å². The van der Waals surface area contributed by atoms with Gasteiger partial charge in [0.05, 0.1) is 4.90 Å². The van der Waals surface area contributed by atoms with Crippen LogP contribution in [-0.2, 0) is 19.6 Å². The quantitative estimate of drug-likeness (QED) is 0.447. The number of alkyl halides is 4. The van der Waals surface area contributed by atoms with E-state index in [4.69, 9.17) is 39.5 Å². The fraction of sp³-hybridized carbons (Fsp3) is 0.300. The first-order chi connectivity index (χ1) is 9.16. The Morgan fingerprint density at radius 2 is 1.85 bits per heavy atom. The fourth-order valence-corrected chi connectivity index (χ4v) is 2.91. The molecule has 1 atom stereocenters. The van der Waals surface area contributed by atoms with E-state index >= 15 is 0 Å². The second-order valence-corrected chi connectivity index (χ2v) is 8.12. The number of nitrogens with one attached hydrogen (secondary N) is 1. The van der Waals surface area contributed by atoms with E-state index in [-0.39, 0.29) is 10.2 Å². The van der Waals surface area contributed by atoms with Gasteiger partial charge in [0, 0.05) is 0 Å². The summed E-state index contributed by atoms with van der Waals surface area (Å²) in [5.74, 6) is -0.780. The molecule has 0 aliphatic heterocycles. The van der Waals surface area contributed by atoms with Gasteiger partial charge in [0.25, 0.3) is 0 Å². The molecule has 10 heteroatoms. The highest BCUT2D eigenvalue weighted by Crippen LogP contribution is 2.32. The number of benzene rings is 1. The zero-order chi connectivity index (χ0) is 15.4. The molecule has 0 fully saturated rings. The van der Waals surface area contributed by atoms with Gasteiger partial charge in [0.2, 0.25) is 20.0 Å². The topological polar surface area (TPSA) is 72.5 Å². The minimum atomic E-state index is -3.99. The molecule has 0 saturated carbocycles. The van der Waals surface area contributed by atoms with Crippen LogP contribution in [0.4, 0.5) is 0 Å². The normalized spacial score (nSPS) is 13.8. The van der Waals surface area contributed by atoms with Gasteiger partial charge in [-0.05, 0) is 12.1 Å². The van der Waals surface area contributed by atoms with Crippen molar-refractivity contribution in [2.75, 3.05) is 5.33 Å². The maximum absolute atomic E-state index is 12.1. The van der Waals surface area contributed by atoms with Crippen molar-refractivity contribution in [2.24, 2.45) is 0 Å². The zero-order valence-electron chi connectivity index (χ0n) is 9.72. The second-order valence-electron chi connectivity index (χ2n) is 3.48. The lowest BCUT2D eigenvalue weighted by atomic mass is 10.4.